The molecule has 1 aromatic rings. The molecule has 0 spiro atoms. The first-order valence-electron chi connectivity index (χ1n) is 6.32. The van der Waals surface area contributed by atoms with Crippen molar-refractivity contribution in [2.45, 2.75) is 32.4 Å². The summed E-state index contributed by atoms with van der Waals surface area (Å²) in [5, 5.41) is 12.4. The van der Waals surface area contributed by atoms with E-state index in [1.54, 1.807) is 13.0 Å². The monoisotopic (exact) mass is 254 g/mol. The summed E-state index contributed by atoms with van der Waals surface area (Å²) in [7, 11) is 3.71. The third-order valence-electron chi connectivity index (χ3n) is 3.18. The molecule has 0 aliphatic heterocycles. The van der Waals surface area contributed by atoms with Gasteiger partial charge < -0.3 is 15.3 Å². The Morgan fingerprint density at radius 3 is 2.61 bits per heavy atom. The van der Waals surface area contributed by atoms with Gasteiger partial charge in [0.1, 0.15) is 5.82 Å². The lowest BCUT2D eigenvalue weighted by Crippen LogP contribution is -2.26. The van der Waals surface area contributed by atoms with Crippen LogP contribution in [0.25, 0.3) is 0 Å². The lowest BCUT2D eigenvalue weighted by atomic mass is 10.0. The molecule has 0 aliphatic rings. The molecule has 1 rings (SSSR count). The maximum Gasteiger partial charge on any atom is 0.146 e. The molecule has 0 aliphatic carbocycles. The molecule has 0 fully saturated rings. The predicted molar refractivity (Wildman–Crippen MR) is 73.4 cm³/mol. The van der Waals surface area contributed by atoms with Crippen molar-refractivity contribution in [1.29, 1.82) is 0 Å². The average Bonchev–Trinajstić information content (AvgIpc) is 2.34. The first-order valence-corrected chi connectivity index (χ1v) is 6.32. The maximum absolute atomic E-state index is 14.0. The van der Waals surface area contributed by atoms with Crippen LogP contribution < -0.4 is 10.2 Å². The Hall–Kier alpha value is -1.13. The highest BCUT2D eigenvalue weighted by molar-refractivity contribution is 5.55. The van der Waals surface area contributed by atoms with Gasteiger partial charge >= 0.3 is 0 Å². The van der Waals surface area contributed by atoms with Crippen LogP contribution in [0.1, 0.15) is 31.9 Å². The third kappa shape index (κ3) is 3.68. The number of rotatable bonds is 6. The quantitative estimate of drug-likeness (QED) is 0.817. The highest BCUT2D eigenvalue weighted by Crippen LogP contribution is 2.28. The Balaban J connectivity index is 2.98. The van der Waals surface area contributed by atoms with Gasteiger partial charge in [0.05, 0.1) is 11.8 Å². The van der Waals surface area contributed by atoms with Crippen molar-refractivity contribution in [3.05, 3.63) is 29.6 Å². The largest absolute Gasteiger partial charge is 0.393 e. The second-order valence-corrected chi connectivity index (χ2v) is 4.75. The molecule has 0 saturated heterocycles. The van der Waals surface area contributed by atoms with Gasteiger partial charge in [-0.25, -0.2) is 4.39 Å². The standard InChI is InChI=1S/C14H23FN2O/c1-10(18)8-9-17(4)14-12(11(2)16-3)6-5-7-13(14)15/h5-7,10-11,16,18H,8-9H2,1-4H3. The fourth-order valence-electron chi connectivity index (χ4n) is 1.93. The second-order valence-electron chi connectivity index (χ2n) is 4.75. The minimum absolute atomic E-state index is 0.0877. The van der Waals surface area contributed by atoms with Crippen LogP contribution in [0.15, 0.2) is 18.2 Å². The van der Waals surface area contributed by atoms with Gasteiger partial charge in [0.15, 0.2) is 0 Å². The van der Waals surface area contributed by atoms with Crippen molar-refractivity contribution in [2.24, 2.45) is 0 Å². The van der Waals surface area contributed by atoms with Crippen molar-refractivity contribution in [3.8, 4) is 0 Å². The number of para-hydroxylation sites is 1. The van der Waals surface area contributed by atoms with E-state index >= 15 is 0 Å². The highest BCUT2D eigenvalue weighted by Gasteiger charge is 2.16. The van der Waals surface area contributed by atoms with E-state index in [0.29, 0.717) is 18.7 Å². The Kier molecular flexibility index (Phi) is 5.56. The Bertz CT molecular complexity index is 382. The minimum atomic E-state index is -0.371. The van der Waals surface area contributed by atoms with E-state index in [2.05, 4.69) is 5.32 Å². The number of halogens is 1. The summed E-state index contributed by atoms with van der Waals surface area (Å²) in [6.07, 6.45) is 0.252. The summed E-state index contributed by atoms with van der Waals surface area (Å²) < 4.78 is 14.0. The molecular formula is C14H23FN2O. The minimum Gasteiger partial charge on any atom is -0.393 e. The number of hydrogen-bond donors (Lipinski definition) is 2. The summed E-state index contributed by atoms with van der Waals surface area (Å²) in [5.41, 5.74) is 1.55. The molecule has 4 heteroatoms. The SMILES string of the molecule is CNC(C)c1cccc(F)c1N(C)CCC(C)O. The summed E-state index contributed by atoms with van der Waals surface area (Å²) in [6.45, 7) is 4.37. The van der Waals surface area contributed by atoms with E-state index in [4.69, 9.17) is 0 Å². The fraction of sp³-hybridized carbons (Fsp3) is 0.571. The first-order chi connectivity index (χ1) is 8.47. The molecule has 0 aromatic heterocycles. The summed E-state index contributed by atoms with van der Waals surface area (Å²) in [4.78, 5) is 1.87. The molecule has 0 heterocycles. The van der Waals surface area contributed by atoms with Crippen LogP contribution in [0.3, 0.4) is 0 Å². The van der Waals surface area contributed by atoms with E-state index in [1.807, 2.05) is 32.0 Å². The third-order valence-corrected chi connectivity index (χ3v) is 3.18. The smallest absolute Gasteiger partial charge is 0.146 e. The molecule has 0 saturated carbocycles. The maximum atomic E-state index is 14.0. The number of anilines is 1. The van der Waals surface area contributed by atoms with E-state index < -0.39 is 0 Å². The van der Waals surface area contributed by atoms with Crippen LogP contribution in [0.4, 0.5) is 10.1 Å². The molecule has 0 amide bonds. The average molecular weight is 254 g/mol. The Morgan fingerprint density at radius 2 is 2.06 bits per heavy atom. The normalized spacial score (nSPS) is 14.3. The zero-order chi connectivity index (χ0) is 13.7. The van der Waals surface area contributed by atoms with Crippen molar-refractivity contribution < 1.29 is 9.50 Å². The van der Waals surface area contributed by atoms with Crippen molar-refractivity contribution >= 4 is 5.69 Å². The van der Waals surface area contributed by atoms with Crippen molar-refractivity contribution in [1.82, 2.24) is 5.32 Å². The summed E-state index contributed by atoms with van der Waals surface area (Å²) in [6, 6.07) is 5.22. The molecule has 3 nitrogen and oxygen atoms in total. The molecular weight excluding hydrogens is 231 g/mol. The van der Waals surface area contributed by atoms with E-state index in [0.717, 1.165) is 5.56 Å². The lowest BCUT2D eigenvalue weighted by molar-refractivity contribution is 0.186. The van der Waals surface area contributed by atoms with Gasteiger partial charge in [-0.1, -0.05) is 12.1 Å². The number of hydrogen-bond acceptors (Lipinski definition) is 3. The van der Waals surface area contributed by atoms with Gasteiger partial charge in [-0.3, -0.25) is 0 Å². The highest BCUT2D eigenvalue weighted by atomic mass is 19.1. The fourth-order valence-corrected chi connectivity index (χ4v) is 1.93. The van der Waals surface area contributed by atoms with Gasteiger partial charge in [0, 0.05) is 19.6 Å². The van der Waals surface area contributed by atoms with Gasteiger partial charge in [0.25, 0.3) is 0 Å². The number of aliphatic hydroxyl groups is 1. The molecule has 2 N–H and O–H groups in total. The Morgan fingerprint density at radius 1 is 1.39 bits per heavy atom. The number of nitrogens with one attached hydrogen (secondary N) is 1. The van der Waals surface area contributed by atoms with E-state index in [1.165, 1.54) is 6.07 Å². The van der Waals surface area contributed by atoms with Gasteiger partial charge in [-0.2, -0.15) is 0 Å². The molecule has 0 radical (unpaired) electrons. The lowest BCUT2D eigenvalue weighted by Gasteiger charge is -2.26. The first kappa shape index (κ1) is 14.9. The zero-order valence-corrected chi connectivity index (χ0v) is 11.6. The summed E-state index contributed by atoms with van der Waals surface area (Å²) >= 11 is 0. The second kappa shape index (κ2) is 6.71. The van der Waals surface area contributed by atoms with E-state index in [-0.39, 0.29) is 18.0 Å². The van der Waals surface area contributed by atoms with Crippen LogP contribution >= 0.6 is 0 Å². The molecule has 102 valence electrons. The van der Waals surface area contributed by atoms with Gasteiger partial charge in [0.2, 0.25) is 0 Å². The molecule has 18 heavy (non-hydrogen) atoms. The van der Waals surface area contributed by atoms with Crippen LogP contribution in [-0.2, 0) is 0 Å². The number of aliphatic hydroxyl groups excluding tert-OH is 1. The predicted octanol–water partition coefficient (Wildman–Crippen LogP) is 2.31. The zero-order valence-electron chi connectivity index (χ0n) is 11.6. The number of nitrogens with zero attached hydrogens (tertiary/aromatic N) is 1. The topological polar surface area (TPSA) is 35.5 Å². The van der Waals surface area contributed by atoms with Crippen molar-refractivity contribution in [3.63, 3.8) is 0 Å². The van der Waals surface area contributed by atoms with Gasteiger partial charge in [-0.15, -0.1) is 0 Å². The van der Waals surface area contributed by atoms with Crippen LogP contribution in [0.5, 0.6) is 0 Å². The molecule has 1 aromatic carbocycles. The molecule has 2 unspecified atom stereocenters. The van der Waals surface area contributed by atoms with Gasteiger partial charge in [-0.05, 0) is 38.9 Å². The Labute approximate surface area is 109 Å². The number of benzene rings is 1. The molecule has 2 atom stereocenters. The summed E-state index contributed by atoms with van der Waals surface area (Å²) in [5.74, 6) is -0.220. The van der Waals surface area contributed by atoms with Crippen LogP contribution in [-0.4, -0.2) is 31.9 Å². The van der Waals surface area contributed by atoms with E-state index in [9.17, 15) is 9.50 Å². The van der Waals surface area contributed by atoms with Crippen molar-refractivity contribution in [2.75, 3.05) is 25.5 Å². The van der Waals surface area contributed by atoms with Crippen LogP contribution in [0.2, 0.25) is 0 Å². The molecule has 0 bridgehead atoms. The van der Waals surface area contributed by atoms with Crippen LogP contribution in [0, 0.1) is 5.82 Å².